The van der Waals surface area contributed by atoms with Gasteiger partial charge in [0.1, 0.15) is 24.7 Å². The molecule has 0 unspecified atom stereocenters. The number of alkyl halides is 3. The van der Waals surface area contributed by atoms with Crippen LogP contribution in [0.5, 0.6) is 11.5 Å². The lowest BCUT2D eigenvalue weighted by atomic mass is 10.0. The van der Waals surface area contributed by atoms with Crippen LogP contribution in [0.3, 0.4) is 0 Å². The predicted octanol–water partition coefficient (Wildman–Crippen LogP) is 7.15. The quantitative estimate of drug-likeness (QED) is 0.111. The van der Waals surface area contributed by atoms with Crippen LogP contribution in [0.1, 0.15) is 28.5 Å². The van der Waals surface area contributed by atoms with Gasteiger partial charge in [-0.15, -0.1) is 0 Å². The second-order valence-corrected chi connectivity index (χ2v) is 9.05. The van der Waals surface area contributed by atoms with Crippen LogP contribution in [-0.4, -0.2) is 40.7 Å². The van der Waals surface area contributed by atoms with Crippen LogP contribution in [0.4, 0.5) is 13.2 Å². The number of hydrogen-bond donors (Lipinski definition) is 0. The van der Waals surface area contributed by atoms with Crippen LogP contribution in [0.15, 0.2) is 67.3 Å². The van der Waals surface area contributed by atoms with Crippen molar-refractivity contribution >= 4 is 17.6 Å². The fourth-order valence-electron chi connectivity index (χ4n) is 4.01. The summed E-state index contributed by atoms with van der Waals surface area (Å²) in [5, 5.41) is 0.393. The molecule has 41 heavy (non-hydrogen) atoms. The molecule has 0 amide bonds. The topological polar surface area (TPSA) is 72.5 Å². The molecule has 220 valence electrons. The zero-order chi connectivity index (χ0) is 30.0. The number of hydrogen-bond acceptors (Lipinski definition) is 7. The average Bonchev–Trinajstić information content (AvgIpc) is 2.95. The van der Waals surface area contributed by atoms with Crippen molar-refractivity contribution in [3.63, 3.8) is 0 Å². The van der Waals surface area contributed by atoms with Crippen LogP contribution in [0.2, 0.25) is 5.02 Å². The maximum atomic E-state index is 13.8. The summed E-state index contributed by atoms with van der Waals surface area (Å²) in [4.78, 5) is 11.8. The minimum atomic E-state index is -4.69. The zero-order valence-electron chi connectivity index (χ0n) is 22.8. The van der Waals surface area contributed by atoms with Gasteiger partial charge in [-0.1, -0.05) is 54.6 Å². The van der Waals surface area contributed by atoms with Crippen LogP contribution in [0, 0.1) is 0 Å². The number of benzene rings is 3. The number of esters is 1. The van der Waals surface area contributed by atoms with Crippen LogP contribution in [-0.2, 0) is 42.9 Å². The standard InChI is InChI=1S/C30H30ClF3O7/c1-5-14-39-26(35)15-19-6-8-20(9-7-19)23-12-11-22(16-25(23)31)40-17-21-10-13-24(30(32,33)34)28(41-18-36-2)27(21)29(37-3)38-4/h5-13,16,29H,1,14-15,17-18H2,2-4H3. The van der Waals surface area contributed by atoms with Crippen LogP contribution in [0.25, 0.3) is 11.1 Å². The largest absolute Gasteiger partial charge is 0.489 e. The molecule has 0 aliphatic rings. The first-order valence-corrected chi connectivity index (χ1v) is 12.7. The molecule has 0 heterocycles. The molecule has 0 aromatic heterocycles. The highest BCUT2D eigenvalue weighted by Gasteiger charge is 2.38. The highest BCUT2D eigenvalue weighted by Crippen LogP contribution is 2.43. The molecule has 0 radical (unpaired) electrons. The number of methoxy groups -OCH3 is 3. The van der Waals surface area contributed by atoms with Crippen LogP contribution >= 0.6 is 11.6 Å². The fourth-order valence-corrected chi connectivity index (χ4v) is 4.29. The lowest BCUT2D eigenvalue weighted by Gasteiger charge is -2.24. The van der Waals surface area contributed by atoms with Gasteiger partial charge in [-0.3, -0.25) is 4.79 Å². The highest BCUT2D eigenvalue weighted by atomic mass is 35.5. The van der Waals surface area contributed by atoms with E-state index >= 15 is 0 Å². The molecule has 0 saturated heterocycles. The normalized spacial score (nSPS) is 11.4. The van der Waals surface area contributed by atoms with Crippen molar-refractivity contribution in [3.05, 3.63) is 94.5 Å². The van der Waals surface area contributed by atoms with Gasteiger partial charge in [0.05, 0.1) is 22.6 Å². The van der Waals surface area contributed by atoms with Gasteiger partial charge >= 0.3 is 12.1 Å². The monoisotopic (exact) mass is 594 g/mol. The van der Waals surface area contributed by atoms with Gasteiger partial charge in [-0.05, 0) is 35.4 Å². The van der Waals surface area contributed by atoms with Crippen molar-refractivity contribution in [3.8, 4) is 22.6 Å². The number of carbonyl (C=O) groups is 1. The third kappa shape index (κ3) is 8.46. The van der Waals surface area contributed by atoms with E-state index in [0.717, 1.165) is 22.8 Å². The van der Waals surface area contributed by atoms with E-state index in [4.69, 9.17) is 40.0 Å². The summed E-state index contributed by atoms with van der Waals surface area (Å²) in [5.74, 6) is -0.440. The lowest BCUT2D eigenvalue weighted by Crippen LogP contribution is -2.17. The average molecular weight is 595 g/mol. The highest BCUT2D eigenvalue weighted by molar-refractivity contribution is 6.33. The first-order valence-electron chi connectivity index (χ1n) is 12.3. The fraction of sp³-hybridized carbons (Fsp3) is 0.300. The molecule has 0 bridgehead atoms. The van der Waals surface area contributed by atoms with Crippen molar-refractivity contribution in [2.45, 2.75) is 25.5 Å². The Morgan fingerprint density at radius 3 is 2.29 bits per heavy atom. The first-order chi connectivity index (χ1) is 19.6. The molecule has 0 fully saturated rings. The minimum Gasteiger partial charge on any atom is -0.489 e. The number of halogens is 4. The summed E-state index contributed by atoms with van der Waals surface area (Å²) < 4.78 is 73.0. The second kappa shape index (κ2) is 14.9. The molecule has 3 aromatic carbocycles. The SMILES string of the molecule is C=CCOC(=O)Cc1ccc(-c2ccc(OCc3ccc(C(F)(F)F)c(OCOC)c3C(OC)OC)cc2Cl)cc1. The van der Waals surface area contributed by atoms with Gasteiger partial charge in [0, 0.05) is 32.5 Å². The Labute approximate surface area is 241 Å². The van der Waals surface area contributed by atoms with Gasteiger partial charge in [0.25, 0.3) is 0 Å². The summed E-state index contributed by atoms with van der Waals surface area (Å²) in [6.07, 6.45) is -4.23. The molecule has 3 aromatic rings. The summed E-state index contributed by atoms with van der Waals surface area (Å²) in [7, 11) is 3.91. The molecule has 11 heteroatoms. The van der Waals surface area contributed by atoms with Crippen LogP contribution < -0.4 is 9.47 Å². The predicted molar refractivity (Wildman–Crippen MR) is 147 cm³/mol. The van der Waals surface area contributed by atoms with E-state index in [1.807, 2.05) is 24.3 Å². The van der Waals surface area contributed by atoms with Gasteiger partial charge < -0.3 is 28.4 Å². The van der Waals surface area contributed by atoms with E-state index in [9.17, 15) is 18.0 Å². The molecule has 0 aliphatic heterocycles. The van der Waals surface area contributed by atoms with Gasteiger partial charge in [-0.25, -0.2) is 0 Å². The molecule has 0 spiro atoms. The lowest BCUT2D eigenvalue weighted by molar-refractivity contribution is -0.142. The molecular weight excluding hydrogens is 565 g/mol. The van der Waals surface area contributed by atoms with Crippen molar-refractivity contribution in [1.82, 2.24) is 0 Å². The van der Waals surface area contributed by atoms with E-state index in [1.165, 1.54) is 33.5 Å². The molecule has 3 rings (SSSR count). The molecule has 0 atom stereocenters. The Kier molecular flexibility index (Phi) is 11.6. The molecule has 0 N–H and O–H groups in total. The number of carbonyl (C=O) groups excluding carboxylic acids is 1. The number of ether oxygens (including phenoxy) is 6. The van der Waals surface area contributed by atoms with E-state index < -0.39 is 30.6 Å². The third-order valence-electron chi connectivity index (χ3n) is 5.89. The third-order valence-corrected chi connectivity index (χ3v) is 6.20. The Bertz CT molecular complexity index is 1320. The van der Waals surface area contributed by atoms with E-state index in [-0.39, 0.29) is 31.2 Å². The summed E-state index contributed by atoms with van der Waals surface area (Å²) in [5.41, 5.74) is 1.70. The van der Waals surface area contributed by atoms with E-state index in [0.29, 0.717) is 16.3 Å². The van der Waals surface area contributed by atoms with Gasteiger partial charge in [0.2, 0.25) is 0 Å². The zero-order valence-corrected chi connectivity index (χ0v) is 23.5. The van der Waals surface area contributed by atoms with E-state index in [1.54, 1.807) is 18.2 Å². The first kappa shape index (κ1) is 32.0. The number of rotatable bonds is 14. The second-order valence-electron chi connectivity index (χ2n) is 8.64. The Balaban J connectivity index is 1.83. The Hall–Kier alpha value is -3.57. The van der Waals surface area contributed by atoms with Crippen molar-refractivity contribution < 1.29 is 46.4 Å². The van der Waals surface area contributed by atoms with Crippen molar-refractivity contribution in [2.75, 3.05) is 34.7 Å². The van der Waals surface area contributed by atoms with E-state index in [2.05, 4.69) is 6.58 Å². The minimum absolute atomic E-state index is 0.0260. The Morgan fingerprint density at radius 2 is 1.71 bits per heavy atom. The molecule has 0 saturated carbocycles. The van der Waals surface area contributed by atoms with Crippen molar-refractivity contribution in [2.24, 2.45) is 0 Å². The maximum Gasteiger partial charge on any atom is 0.419 e. The molecule has 7 nitrogen and oxygen atoms in total. The van der Waals surface area contributed by atoms with Gasteiger partial charge in [0.15, 0.2) is 13.1 Å². The van der Waals surface area contributed by atoms with Gasteiger partial charge in [-0.2, -0.15) is 13.2 Å². The summed E-state index contributed by atoms with van der Waals surface area (Å²) >= 11 is 6.54. The molecule has 0 aliphatic carbocycles. The maximum absolute atomic E-state index is 13.8. The summed E-state index contributed by atoms with van der Waals surface area (Å²) in [6, 6.07) is 14.5. The molecular formula is C30H30ClF3O7. The van der Waals surface area contributed by atoms with Crippen molar-refractivity contribution in [1.29, 1.82) is 0 Å². The summed E-state index contributed by atoms with van der Waals surface area (Å²) in [6.45, 7) is 3.12. The Morgan fingerprint density at radius 1 is 1.00 bits per heavy atom. The smallest absolute Gasteiger partial charge is 0.419 e.